The lowest BCUT2D eigenvalue weighted by Crippen LogP contribution is -2.29. The zero-order chi connectivity index (χ0) is 22.9. The zero-order valence-corrected chi connectivity index (χ0v) is 17.9. The Labute approximate surface area is 191 Å². The van der Waals surface area contributed by atoms with Crippen molar-refractivity contribution < 1.29 is 19.4 Å². The number of ether oxygens (including phenoxy) is 1. The number of para-hydroxylation sites is 2. The molecular formula is C28H21NO4. The van der Waals surface area contributed by atoms with Gasteiger partial charge in [-0.15, -0.1) is 0 Å². The largest absolute Gasteiger partial charge is 0.507 e. The topological polar surface area (TPSA) is 66.8 Å². The Balaban J connectivity index is 1.79. The van der Waals surface area contributed by atoms with Gasteiger partial charge >= 0.3 is 0 Å². The van der Waals surface area contributed by atoms with Gasteiger partial charge in [-0.25, -0.2) is 0 Å². The van der Waals surface area contributed by atoms with Crippen LogP contribution in [0.5, 0.6) is 5.75 Å². The molecule has 33 heavy (non-hydrogen) atoms. The number of anilines is 1. The van der Waals surface area contributed by atoms with Crippen molar-refractivity contribution in [2.45, 2.75) is 6.04 Å². The molecule has 0 spiro atoms. The van der Waals surface area contributed by atoms with E-state index in [0.717, 1.165) is 10.8 Å². The number of hydrogen-bond acceptors (Lipinski definition) is 4. The van der Waals surface area contributed by atoms with Gasteiger partial charge in [0.25, 0.3) is 11.7 Å². The SMILES string of the molecule is COc1ccccc1N1C(=O)C(=O)/C(=C(\O)c2cccc3ccccc23)C1c1ccccc1. The van der Waals surface area contributed by atoms with Crippen LogP contribution in [0, 0.1) is 0 Å². The highest BCUT2D eigenvalue weighted by molar-refractivity contribution is 6.52. The number of ketones is 1. The molecule has 0 aliphatic carbocycles. The minimum atomic E-state index is -0.804. The van der Waals surface area contributed by atoms with Crippen LogP contribution < -0.4 is 9.64 Å². The lowest BCUT2D eigenvalue weighted by Gasteiger charge is -2.26. The van der Waals surface area contributed by atoms with E-state index in [1.807, 2.05) is 66.7 Å². The molecule has 0 bridgehead atoms. The molecule has 1 aliphatic rings. The van der Waals surface area contributed by atoms with Crippen molar-refractivity contribution in [3.8, 4) is 5.75 Å². The molecule has 1 saturated heterocycles. The predicted octanol–water partition coefficient (Wildman–Crippen LogP) is 5.47. The smallest absolute Gasteiger partial charge is 0.300 e. The van der Waals surface area contributed by atoms with Gasteiger partial charge in [0.1, 0.15) is 11.5 Å². The number of methoxy groups -OCH3 is 1. The van der Waals surface area contributed by atoms with Gasteiger partial charge in [-0.1, -0.05) is 84.9 Å². The van der Waals surface area contributed by atoms with Crippen LogP contribution >= 0.6 is 0 Å². The quantitative estimate of drug-likeness (QED) is 0.262. The van der Waals surface area contributed by atoms with Gasteiger partial charge in [-0.3, -0.25) is 14.5 Å². The molecule has 5 heteroatoms. The number of amides is 1. The number of benzene rings is 4. The maximum Gasteiger partial charge on any atom is 0.300 e. The van der Waals surface area contributed by atoms with Gasteiger partial charge in [-0.05, 0) is 28.5 Å². The van der Waals surface area contributed by atoms with Gasteiger partial charge in [-0.2, -0.15) is 0 Å². The van der Waals surface area contributed by atoms with Crippen LogP contribution in [0.25, 0.3) is 16.5 Å². The average molecular weight is 435 g/mol. The number of carbonyl (C=O) groups is 2. The van der Waals surface area contributed by atoms with E-state index < -0.39 is 17.7 Å². The maximum absolute atomic E-state index is 13.4. The van der Waals surface area contributed by atoms with Crippen LogP contribution in [0.4, 0.5) is 5.69 Å². The minimum absolute atomic E-state index is 0.0495. The van der Waals surface area contributed by atoms with Crippen molar-refractivity contribution in [2.24, 2.45) is 0 Å². The highest BCUT2D eigenvalue weighted by atomic mass is 16.5. The van der Waals surface area contributed by atoms with Crippen LogP contribution in [0.15, 0.2) is 103 Å². The number of rotatable bonds is 4. The summed E-state index contributed by atoms with van der Waals surface area (Å²) in [6.07, 6.45) is 0. The summed E-state index contributed by atoms with van der Waals surface area (Å²) in [5.41, 5.74) is 1.73. The third-order valence-corrected chi connectivity index (χ3v) is 5.95. The van der Waals surface area contributed by atoms with Crippen molar-refractivity contribution >= 4 is 33.9 Å². The Hall–Kier alpha value is -4.38. The van der Waals surface area contributed by atoms with Crippen LogP contribution in [0.3, 0.4) is 0 Å². The molecule has 162 valence electrons. The second kappa shape index (κ2) is 8.28. The third kappa shape index (κ3) is 3.34. The van der Waals surface area contributed by atoms with E-state index in [-0.39, 0.29) is 11.3 Å². The summed E-state index contributed by atoms with van der Waals surface area (Å²) in [6.45, 7) is 0. The molecule has 1 unspecified atom stereocenters. The highest BCUT2D eigenvalue weighted by Gasteiger charge is 2.47. The lowest BCUT2D eigenvalue weighted by atomic mass is 9.93. The van der Waals surface area contributed by atoms with E-state index in [9.17, 15) is 14.7 Å². The fraction of sp³-hybridized carbons (Fsp3) is 0.0714. The van der Waals surface area contributed by atoms with E-state index in [2.05, 4.69) is 0 Å². The molecule has 1 heterocycles. The normalized spacial score (nSPS) is 17.5. The predicted molar refractivity (Wildman–Crippen MR) is 128 cm³/mol. The number of fused-ring (bicyclic) bond motifs is 1. The standard InChI is InChI=1S/C28H21NO4/c1-33-23-17-8-7-16-22(23)29-25(19-11-3-2-4-12-19)24(27(31)28(29)32)26(30)21-15-9-13-18-10-5-6-14-20(18)21/h2-17,25,30H,1H3/b26-24-. The molecule has 4 aromatic carbocycles. The summed E-state index contributed by atoms with van der Waals surface area (Å²) in [5, 5.41) is 13.2. The monoisotopic (exact) mass is 435 g/mol. The molecule has 1 aliphatic heterocycles. The molecule has 5 rings (SSSR count). The minimum Gasteiger partial charge on any atom is -0.507 e. The summed E-state index contributed by atoms with van der Waals surface area (Å²) in [4.78, 5) is 28.1. The van der Waals surface area contributed by atoms with Crippen molar-refractivity contribution in [3.05, 3.63) is 114 Å². The van der Waals surface area contributed by atoms with E-state index >= 15 is 0 Å². The first-order valence-corrected chi connectivity index (χ1v) is 10.6. The van der Waals surface area contributed by atoms with Crippen molar-refractivity contribution in [1.82, 2.24) is 0 Å². The summed E-state index contributed by atoms with van der Waals surface area (Å²) in [5.74, 6) is -1.18. The molecular weight excluding hydrogens is 414 g/mol. The van der Waals surface area contributed by atoms with Gasteiger partial charge in [0.05, 0.1) is 24.4 Å². The van der Waals surface area contributed by atoms with Gasteiger partial charge in [0.15, 0.2) is 0 Å². The fourth-order valence-corrected chi connectivity index (χ4v) is 4.44. The molecule has 4 aromatic rings. The number of nitrogens with zero attached hydrogens (tertiary/aromatic N) is 1. The highest BCUT2D eigenvalue weighted by Crippen LogP contribution is 2.45. The van der Waals surface area contributed by atoms with E-state index in [1.165, 1.54) is 12.0 Å². The molecule has 1 N–H and O–H groups in total. The Bertz CT molecular complexity index is 1400. The van der Waals surface area contributed by atoms with Crippen LogP contribution in [0.2, 0.25) is 0 Å². The summed E-state index contributed by atoms with van der Waals surface area (Å²) < 4.78 is 5.48. The van der Waals surface area contributed by atoms with E-state index in [0.29, 0.717) is 22.6 Å². The fourth-order valence-electron chi connectivity index (χ4n) is 4.44. The molecule has 5 nitrogen and oxygen atoms in total. The second-order valence-corrected chi connectivity index (χ2v) is 7.78. The molecule has 1 atom stereocenters. The van der Waals surface area contributed by atoms with E-state index in [4.69, 9.17) is 4.74 Å². The second-order valence-electron chi connectivity index (χ2n) is 7.78. The number of carbonyl (C=O) groups excluding carboxylic acids is 2. The Kier molecular flexibility index (Phi) is 5.15. The Morgan fingerprint density at radius 2 is 1.48 bits per heavy atom. The third-order valence-electron chi connectivity index (χ3n) is 5.95. The molecule has 0 aromatic heterocycles. The summed E-state index contributed by atoms with van der Waals surface area (Å²) >= 11 is 0. The lowest BCUT2D eigenvalue weighted by molar-refractivity contribution is -0.132. The number of hydrogen-bond donors (Lipinski definition) is 1. The molecule has 0 radical (unpaired) electrons. The average Bonchev–Trinajstić information content (AvgIpc) is 3.14. The van der Waals surface area contributed by atoms with Crippen LogP contribution in [-0.4, -0.2) is 23.9 Å². The maximum atomic E-state index is 13.4. The van der Waals surface area contributed by atoms with Crippen molar-refractivity contribution in [3.63, 3.8) is 0 Å². The van der Waals surface area contributed by atoms with Gasteiger partial charge < -0.3 is 9.84 Å². The van der Waals surface area contributed by atoms with Crippen LogP contribution in [0.1, 0.15) is 17.2 Å². The van der Waals surface area contributed by atoms with Gasteiger partial charge in [0, 0.05) is 5.56 Å². The molecule has 1 amide bonds. The number of aliphatic hydroxyl groups is 1. The number of aliphatic hydroxyl groups excluding tert-OH is 1. The Morgan fingerprint density at radius 3 is 2.27 bits per heavy atom. The zero-order valence-electron chi connectivity index (χ0n) is 17.9. The first-order valence-electron chi connectivity index (χ1n) is 10.6. The summed E-state index contributed by atoms with van der Waals surface area (Å²) in [7, 11) is 1.52. The first-order chi connectivity index (χ1) is 16.1. The Morgan fingerprint density at radius 1 is 0.818 bits per heavy atom. The van der Waals surface area contributed by atoms with Crippen LogP contribution in [-0.2, 0) is 9.59 Å². The molecule has 1 fully saturated rings. The van der Waals surface area contributed by atoms with E-state index in [1.54, 1.807) is 30.3 Å². The molecule has 0 saturated carbocycles. The van der Waals surface area contributed by atoms with Crippen molar-refractivity contribution in [1.29, 1.82) is 0 Å². The summed E-state index contributed by atoms with van der Waals surface area (Å²) in [6, 6.07) is 28.6. The van der Waals surface area contributed by atoms with Crippen molar-refractivity contribution in [2.75, 3.05) is 12.0 Å². The first kappa shape index (κ1) is 20.5. The number of Topliss-reactive ketones (excluding diaryl/α,β-unsaturated/α-hetero) is 1. The van der Waals surface area contributed by atoms with Gasteiger partial charge in [0.2, 0.25) is 0 Å².